The van der Waals surface area contributed by atoms with Gasteiger partial charge in [-0.25, -0.2) is 4.98 Å². The van der Waals surface area contributed by atoms with Gasteiger partial charge in [-0.3, -0.25) is 4.98 Å². The van der Waals surface area contributed by atoms with Crippen LogP contribution >= 0.6 is 27.3 Å². The maximum absolute atomic E-state index is 5.86. The van der Waals surface area contributed by atoms with Gasteiger partial charge >= 0.3 is 0 Å². The monoisotopic (exact) mass is 333 g/mol. The van der Waals surface area contributed by atoms with E-state index in [9.17, 15) is 0 Å². The number of hydrogen-bond donors (Lipinski definition) is 1. The summed E-state index contributed by atoms with van der Waals surface area (Å²) >= 11 is 5.16. The van der Waals surface area contributed by atoms with Crippen LogP contribution in [0.2, 0.25) is 0 Å². The van der Waals surface area contributed by atoms with E-state index in [1.54, 1.807) is 17.5 Å². The fraction of sp³-hybridized carbons (Fsp3) is 0.143. The summed E-state index contributed by atoms with van der Waals surface area (Å²) in [6.45, 7) is 1.94. The van der Waals surface area contributed by atoms with Gasteiger partial charge in [0.1, 0.15) is 5.01 Å². The minimum absolute atomic E-state index is 0.0420. The minimum atomic E-state index is -0.0420. The van der Waals surface area contributed by atoms with Crippen molar-refractivity contribution in [3.8, 4) is 10.6 Å². The summed E-state index contributed by atoms with van der Waals surface area (Å²) in [5.74, 6) is 0. The molecule has 1 aromatic carbocycles. The Labute approximate surface area is 123 Å². The number of nitrogens with zero attached hydrogens (tertiary/aromatic N) is 2. The molecule has 0 fully saturated rings. The van der Waals surface area contributed by atoms with Crippen LogP contribution in [0.25, 0.3) is 21.5 Å². The second-order valence-corrected chi connectivity index (χ2v) is 6.07. The highest BCUT2D eigenvalue weighted by atomic mass is 79.9. The van der Waals surface area contributed by atoms with Gasteiger partial charge in [-0.2, -0.15) is 0 Å². The van der Waals surface area contributed by atoms with Crippen LogP contribution in [0.15, 0.2) is 40.3 Å². The van der Waals surface area contributed by atoms with Gasteiger partial charge in [0, 0.05) is 33.0 Å². The van der Waals surface area contributed by atoms with Crippen molar-refractivity contribution >= 4 is 38.2 Å². The van der Waals surface area contributed by atoms with Crippen LogP contribution in [0.5, 0.6) is 0 Å². The van der Waals surface area contributed by atoms with Gasteiger partial charge in [-0.15, -0.1) is 11.3 Å². The molecule has 19 heavy (non-hydrogen) atoms. The zero-order valence-corrected chi connectivity index (χ0v) is 12.7. The van der Waals surface area contributed by atoms with Gasteiger partial charge in [-0.05, 0) is 25.1 Å². The molecule has 0 aliphatic heterocycles. The van der Waals surface area contributed by atoms with Crippen molar-refractivity contribution in [3.05, 3.63) is 46.0 Å². The molecule has 3 aromatic rings. The molecule has 0 aliphatic carbocycles. The summed E-state index contributed by atoms with van der Waals surface area (Å²) in [6, 6.07) is 8.03. The summed E-state index contributed by atoms with van der Waals surface area (Å²) in [6.07, 6.45) is 1.80. The maximum Gasteiger partial charge on any atom is 0.125 e. The number of aromatic nitrogens is 2. The molecule has 1 atom stereocenters. The van der Waals surface area contributed by atoms with Gasteiger partial charge in [0.25, 0.3) is 0 Å². The van der Waals surface area contributed by atoms with Crippen LogP contribution in [-0.4, -0.2) is 9.97 Å². The fourth-order valence-corrected chi connectivity index (χ4v) is 3.33. The van der Waals surface area contributed by atoms with Crippen LogP contribution < -0.4 is 5.73 Å². The lowest BCUT2D eigenvalue weighted by Gasteiger charge is -2.05. The van der Waals surface area contributed by atoms with Gasteiger partial charge in [-0.1, -0.05) is 22.0 Å². The molecule has 5 heteroatoms. The molecule has 2 heterocycles. The molecule has 1 unspecified atom stereocenters. The number of nitrogens with two attached hydrogens (primary N) is 1. The van der Waals surface area contributed by atoms with E-state index in [4.69, 9.17) is 5.73 Å². The Morgan fingerprint density at radius 3 is 2.89 bits per heavy atom. The predicted molar refractivity (Wildman–Crippen MR) is 83.2 cm³/mol. The average Bonchev–Trinajstić information content (AvgIpc) is 2.89. The quantitative estimate of drug-likeness (QED) is 0.766. The zero-order valence-electron chi connectivity index (χ0n) is 10.3. The Hall–Kier alpha value is -1.30. The molecule has 2 aromatic heterocycles. The lowest BCUT2D eigenvalue weighted by molar-refractivity contribution is 0.790. The molecule has 0 saturated carbocycles. The molecule has 0 radical (unpaired) electrons. The van der Waals surface area contributed by atoms with E-state index in [1.807, 2.05) is 30.5 Å². The number of fused-ring (bicyclic) bond motifs is 1. The molecule has 0 bridgehead atoms. The van der Waals surface area contributed by atoms with Crippen molar-refractivity contribution in [2.75, 3.05) is 0 Å². The van der Waals surface area contributed by atoms with E-state index in [0.717, 1.165) is 31.6 Å². The third-order valence-electron chi connectivity index (χ3n) is 2.94. The van der Waals surface area contributed by atoms with Gasteiger partial charge < -0.3 is 5.73 Å². The molecule has 3 nitrogen and oxygen atoms in total. The first-order chi connectivity index (χ1) is 9.16. The molecular weight excluding hydrogens is 322 g/mol. The van der Waals surface area contributed by atoms with Gasteiger partial charge in [0.05, 0.1) is 11.2 Å². The largest absolute Gasteiger partial charge is 0.323 e. The van der Waals surface area contributed by atoms with E-state index in [1.165, 1.54) is 0 Å². The first-order valence-electron chi connectivity index (χ1n) is 5.91. The lowest BCUT2D eigenvalue weighted by atomic mass is 10.1. The molecule has 96 valence electrons. The van der Waals surface area contributed by atoms with E-state index >= 15 is 0 Å². The molecule has 0 saturated heterocycles. The Balaban J connectivity index is 2.22. The number of halogens is 1. The van der Waals surface area contributed by atoms with Crippen molar-refractivity contribution in [1.82, 2.24) is 9.97 Å². The topological polar surface area (TPSA) is 51.8 Å². The van der Waals surface area contributed by atoms with E-state index in [0.29, 0.717) is 0 Å². The number of pyridine rings is 1. The van der Waals surface area contributed by atoms with Crippen molar-refractivity contribution < 1.29 is 0 Å². The molecule has 0 aliphatic rings. The Bertz CT molecular complexity index is 736. The number of thiazole rings is 1. The van der Waals surface area contributed by atoms with E-state index < -0.39 is 0 Å². The first kappa shape index (κ1) is 12.7. The molecular formula is C14H12BrN3S. The normalized spacial score (nSPS) is 12.8. The summed E-state index contributed by atoms with van der Waals surface area (Å²) in [7, 11) is 0. The summed E-state index contributed by atoms with van der Waals surface area (Å²) < 4.78 is 1.04. The minimum Gasteiger partial charge on any atom is -0.323 e. The van der Waals surface area contributed by atoms with E-state index in [2.05, 4.69) is 32.0 Å². The highest BCUT2D eigenvalue weighted by Gasteiger charge is 2.12. The smallest absolute Gasteiger partial charge is 0.125 e. The molecule has 0 amide bonds. The Morgan fingerprint density at radius 2 is 2.16 bits per heavy atom. The number of benzene rings is 1. The Morgan fingerprint density at radius 1 is 1.32 bits per heavy atom. The second-order valence-electron chi connectivity index (χ2n) is 4.36. The second kappa shape index (κ2) is 5.00. The van der Waals surface area contributed by atoms with Crippen LogP contribution in [0.3, 0.4) is 0 Å². The third kappa shape index (κ3) is 2.29. The Kier molecular flexibility index (Phi) is 3.35. The zero-order chi connectivity index (χ0) is 13.4. The standard InChI is InChI=1S/C14H12BrN3S/c1-8(16)12-7-19-14(18-12)10-4-5-11(15)9-3-2-6-17-13(9)10/h2-8H,16H2,1H3. The van der Waals surface area contributed by atoms with Crippen LogP contribution in [0, 0.1) is 0 Å². The third-order valence-corrected chi connectivity index (χ3v) is 4.52. The van der Waals surface area contributed by atoms with Crippen molar-refractivity contribution in [2.45, 2.75) is 13.0 Å². The van der Waals surface area contributed by atoms with Gasteiger partial charge in [0.2, 0.25) is 0 Å². The maximum atomic E-state index is 5.86. The number of hydrogen-bond acceptors (Lipinski definition) is 4. The van der Waals surface area contributed by atoms with Crippen molar-refractivity contribution in [2.24, 2.45) is 5.73 Å². The predicted octanol–water partition coefficient (Wildman–Crippen LogP) is 4.14. The van der Waals surface area contributed by atoms with Crippen LogP contribution in [0.4, 0.5) is 0 Å². The molecule has 3 rings (SSSR count). The first-order valence-corrected chi connectivity index (χ1v) is 7.58. The van der Waals surface area contributed by atoms with Crippen molar-refractivity contribution in [3.63, 3.8) is 0 Å². The molecule has 0 spiro atoms. The SMILES string of the molecule is CC(N)c1csc(-c2ccc(Br)c3cccnc23)n1. The van der Waals surface area contributed by atoms with Gasteiger partial charge in [0.15, 0.2) is 0 Å². The van der Waals surface area contributed by atoms with Crippen molar-refractivity contribution in [1.29, 1.82) is 0 Å². The summed E-state index contributed by atoms with van der Waals surface area (Å²) in [4.78, 5) is 9.08. The fourth-order valence-electron chi connectivity index (χ4n) is 1.93. The van der Waals surface area contributed by atoms with Crippen LogP contribution in [0.1, 0.15) is 18.7 Å². The highest BCUT2D eigenvalue weighted by molar-refractivity contribution is 9.10. The summed E-state index contributed by atoms with van der Waals surface area (Å²) in [5, 5.41) is 4.07. The van der Waals surface area contributed by atoms with E-state index in [-0.39, 0.29) is 6.04 Å². The number of rotatable bonds is 2. The average molecular weight is 334 g/mol. The molecule has 2 N–H and O–H groups in total. The summed E-state index contributed by atoms with van der Waals surface area (Å²) in [5.41, 5.74) is 8.80. The highest BCUT2D eigenvalue weighted by Crippen LogP contribution is 2.33. The lowest BCUT2D eigenvalue weighted by Crippen LogP contribution is -2.04. The van der Waals surface area contributed by atoms with Crippen LogP contribution in [-0.2, 0) is 0 Å².